The standard InChI is InChI=1S/C42H26N2S/c1-3-12-27(13-4-1)29-24-30(28-14-5-2-6-15-28)26-31(25-29)43-35-18-8-9-19-36(35)44-37-23-22-33-32-16-7-10-21-39(32)45-42(33)40(37)34-17-11-20-38(43)41(34)44/h1-26H. The average molecular weight is 591 g/mol. The van der Waals surface area contributed by atoms with Crippen molar-refractivity contribution in [3.8, 4) is 27.9 Å². The molecule has 0 unspecified atom stereocenters. The molecule has 2 aromatic heterocycles. The van der Waals surface area contributed by atoms with Crippen LogP contribution in [0.25, 0.3) is 69.9 Å². The number of thiophene rings is 1. The Morgan fingerprint density at radius 3 is 1.80 bits per heavy atom. The summed E-state index contributed by atoms with van der Waals surface area (Å²) in [5.74, 6) is 0. The molecule has 1 aliphatic rings. The van der Waals surface area contributed by atoms with Gasteiger partial charge in [-0.2, -0.15) is 0 Å². The van der Waals surface area contributed by atoms with Gasteiger partial charge in [-0.3, -0.25) is 0 Å². The summed E-state index contributed by atoms with van der Waals surface area (Å²) in [6, 6.07) is 57.6. The van der Waals surface area contributed by atoms with Gasteiger partial charge in [-0.25, -0.2) is 0 Å². The number of benzene rings is 7. The molecule has 210 valence electrons. The fourth-order valence-corrected chi connectivity index (χ4v) is 8.59. The zero-order valence-corrected chi connectivity index (χ0v) is 25.1. The normalized spacial score (nSPS) is 12.4. The highest BCUT2D eigenvalue weighted by Gasteiger charge is 2.29. The highest BCUT2D eigenvalue weighted by atomic mass is 32.1. The van der Waals surface area contributed by atoms with Crippen molar-refractivity contribution in [2.75, 3.05) is 4.90 Å². The molecule has 10 rings (SSSR count). The summed E-state index contributed by atoms with van der Waals surface area (Å²) in [4.78, 5) is 2.47. The second-order valence-corrected chi connectivity index (χ2v) is 12.8. The van der Waals surface area contributed by atoms with Crippen molar-refractivity contribution in [3.05, 3.63) is 158 Å². The van der Waals surface area contributed by atoms with Crippen LogP contribution in [-0.2, 0) is 0 Å². The van der Waals surface area contributed by atoms with Gasteiger partial charge in [-0.1, -0.05) is 109 Å². The van der Waals surface area contributed by atoms with Gasteiger partial charge in [0.25, 0.3) is 0 Å². The maximum absolute atomic E-state index is 2.49. The Kier molecular flexibility index (Phi) is 5.19. The molecule has 0 radical (unpaired) electrons. The molecular formula is C42H26N2S. The lowest BCUT2D eigenvalue weighted by atomic mass is 9.97. The van der Waals surface area contributed by atoms with Crippen LogP contribution in [-0.4, -0.2) is 4.57 Å². The first kappa shape index (κ1) is 24.8. The zero-order valence-electron chi connectivity index (χ0n) is 24.3. The maximum atomic E-state index is 2.49. The Bertz CT molecular complexity index is 2530. The summed E-state index contributed by atoms with van der Waals surface area (Å²) in [7, 11) is 0. The molecule has 0 saturated heterocycles. The number of hydrogen-bond acceptors (Lipinski definition) is 2. The van der Waals surface area contributed by atoms with Gasteiger partial charge in [0.15, 0.2) is 0 Å². The summed E-state index contributed by atoms with van der Waals surface area (Å²) >= 11 is 1.91. The zero-order chi connectivity index (χ0) is 29.5. The molecule has 3 heteroatoms. The Labute approximate surface area is 264 Å². The lowest BCUT2D eigenvalue weighted by Crippen LogP contribution is -2.18. The van der Waals surface area contributed by atoms with Crippen LogP contribution in [0.1, 0.15) is 0 Å². The third kappa shape index (κ3) is 3.56. The van der Waals surface area contributed by atoms with Crippen molar-refractivity contribution >= 4 is 70.4 Å². The van der Waals surface area contributed by atoms with Crippen molar-refractivity contribution < 1.29 is 0 Å². The van der Waals surface area contributed by atoms with Crippen molar-refractivity contribution in [3.63, 3.8) is 0 Å². The lowest BCUT2D eigenvalue weighted by molar-refractivity contribution is 1.11. The lowest BCUT2D eigenvalue weighted by Gasteiger charge is -2.33. The molecule has 0 aliphatic carbocycles. The summed E-state index contributed by atoms with van der Waals surface area (Å²) in [6.45, 7) is 0. The van der Waals surface area contributed by atoms with Crippen LogP contribution in [0.2, 0.25) is 0 Å². The Morgan fingerprint density at radius 1 is 0.422 bits per heavy atom. The van der Waals surface area contributed by atoms with Crippen molar-refractivity contribution in [2.24, 2.45) is 0 Å². The van der Waals surface area contributed by atoms with E-state index >= 15 is 0 Å². The fourth-order valence-electron chi connectivity index (χ4n) is 7.33. The number of hydrogen-bond donors (Lipinski definition) is 0. The van der Waals surface area contributed by atoms with Gasteiger partial charge < -0.3 is 9.47 Å². The van der Waals surface area contributed by atoms with Crippen molar-refractivity contribution in [1.82, 2.24) is 4.57 Å². The number of rotatable bonds is 3. The van der Waals surface area contributed by atoms with E-state index in [-0.39, 0.29) is 0 Å². The molecule has 9 aromatic rings. The average Bonchev–Trinajstić information content (AvgIpc) is 3.66. The number of fused-ring (bicyclic) bond motifs is 9. The van der Waals surface area contributed by atoms with Gasteiger partial charge in [0.1, 0.15) is 0 Å². The Morgan fingerprint density at radius 2 is 1.04 bits per heavy atom. The second-order valence-electron chi connectivity index (χ2n) is 11.8. The van der Waals surface area contributed by atoms with Crippen LogP contribution in [0.4, 0.5) is 17.1 Å². The van der Waals surface area contributed by atoms with Gasteiger partial charge in [0, 0.05) is 36.6 Å². The number of para-hydroxylation sites is 3. The van der Waals surface area contributed by atoms with E-state index in [1.54, 1.807) is 0 Å². The molecular weight excluding hydrogens is 565 g/mol. The van der Waals surface area contributed by atoms with E-state index in [2.05, 4.69) is 167 Å². The second kappa shape index (κ2) is 9.43. The third-order valence-electron chi connectivity index (χ3n) is 9.27. The molecule has 1 aliphatic heterocycles. The van der Waals surface area contributed by atoms with E-state index in [1.165, 1.54) is 81.3 Å². The molecule has 0 amide bonds. The van der Waals surface area contributed by atoms with Crippen LogP contribution in [0, 0.1) is 0 Å². The third-order valence-corrected chi connectivity index (χ3v) is 10.5. The summed E-state index contributed by atoms with van der Waals surface area (Å²) in [6.07, 6.45) is 0. The predicted molar refractivity (Wildman–Crippen MR) is 193 cm³/mol. The Hall–Kier alpha value is -5.64. The SMILES string of the molecule is c1ccc(-c2cc(-c3ccccc3)cc(N3c4ccccc4-n4c5ccc6c7ccccc7sc6c5c5cccc3c54)c2)cc1. The van der Waals surface area contributed by atoms with E-state index in [4.69, 9.17) is 0 Å². The first-order valence-electron chi connectivity index (χ1n) is 15.4. The van der Waals surface area contributed by atoms with Crippen LogP contribution >= 0.6 is 11.3 Å². The van der Waals surface area contributed by atoms with Gasteiger partial charge in [0.2, 0.25) is 0 Å². The first-order chi connectivity index (χ1) is 22.3. The topological polar surface area (TPSA) is 8.17 Å². The van der Waals surface area contributed by atoms with Crippen LogP contribution < -0.4 is 4.90 Å². The molecule has 7 aromatic carbocycles. The molecule has 0 saturated carbocycles. The summed E-state index contributed by atoms with van der Waals surface area (Å²) in [5, 5.41) is 5.30. The molecule has 0 bridgehead atoms. The van der Waals surface area contributed by atoms with E-state index in [9.17, 15) is 0 Å². The van der Waals surface area contributed by atoms with E-state index in [0.29, 0.717) is 0 Å². The first-order valence-corrected chi connectivity index (χ1v) is 16.2. The molecule has 0 atom stereocenters. The highest BCUT2D eigenvalue weighted by molar-refractivity contribution is 7.26. The summed E-state index contributed by atoms with van der Waals surface area (Å²) < 4.78 is 5.19. The quantitative estimate of drug-likeness (QED) is 0.199. The number of aromatic nitrogens is 1. The van der Waals surface area contributed by atoms with Crippen LogP contribution in [0.5, 0.6) is 0 Å². The predicted octanol–water partition coefficient (Wildman–Crippen LogP) is 12.3. The fraction of sp³-hybridized carbons (Fsp3) is 0. The van der Waals surface area contributed by atoms with E-state index < -0.39 is 0 Å². The number of nitrogens with zero attached hydrogens (tertiary/aromatic N) is 2. The molecule has 0 spiro atoms. The van der Waals surface area contributed by atoms with Crippen molar-refractivity contribution in [1.29, 1.82) is 0 Å². The van der Waals surface area contributed by atoms with E-state index in [1.807, 2.05) is 11.3 Å². The van der Waals surface area contributed by atoms with Crippen molar-refractivity contribution in [2.45, 2.75) is 0 Å². The smallest absolute Gasteiger partial charge is 0.0783 e. The monoisotopic (exact) mass is 590 g/mol. The largest absolute Gasteiger partial charge is 0.306 e. The highest BCUT2D eigenvalue weighted by Crippen LogP contribution is 2.52. The van der Waals surface area contributed by atoms with Gasteiger partial charge in [-0.05, 0) is 70.8 Å². The van der Waals surface area contributed by atoms with Crippen LogP contribution in [0.3, 0.4) is 0 Å². The van der Waals surface area contributed by atoms with Gasteiger partial charge in [-0.15, -0.1) is 11.3 Å². The minimum Gasteiger partial charge on any atom is -0.306 e. The molecule has 0 N–H and O–H groups in total. The Balaban J connectivity index is 1.31. The molecule has 0 fully saturated rings. The van der Waals surface area contributed by atoms with Gasteiger partial charge >= 0.3 is 0 Å². The maximum Gasteiger partial charge on any atom is 0.0783 e. The minimum atomic E-state index is 1.15. The molecule has 3 heterocycles. The minimum absolute atomic E-state index is 1.15. The van der Waals surface area contributed by atoms with Gasteiger partial charge in [0.05, 0.1) is 28.1 Å². The van der Waals surface area contributed by atoms with E-state index in [0.717, 1.165) is 5.69 Å². The summed E-state index contributed by atoms with van der Waals surface area (Å²) in [5.41, 5.74) is 12.1. The molecule has 45 heavy (non-hydrogen) atoms. The number of anilines is 3. The molecule has 2 nitrogen and oxygen atoms in total. The van der Waals surface area contributed by atoms with Crippen LogP contribution in [0.15, 0.2) is 158 Å².